The van der Waals surface area contributed by atoms with E-state index in [1.165, 1.54) is 17.0 Å². The molecule has 170 valence electrons. The van der Waals surface area contributed by atoms with Gasteiger partial charge in [-0.2, -0.15) is 5.10 Å². The molecule has 3 heterocycles. The molecule has 0 unspecified atom stereocenters. The summed E-state index contributed by atoms with van der Waals surface area (Å²) in [7, 11) is 0. The molecule has 2 amide bonds. The highest BCUT2D eigenvalue weighted by atomic mass is 19.1. The fourth-order valence-corrected chi connectivity index (χ4v) is 4.27. The minimum atomic E-state index is -0.628. The van der Waals surface area contributed by atoms with Crippen LogP contribution in [0, 0.1) is 19.7 Å². The number of H-pyrrole nitrogens is 1. The Morgan fingerprint density at radius 3 is 2.78 bits per heavy atom. The molecule has 1 atom stereocenters. The molecule has 0 aliphatic carbocycles. The number of carbonyl (C=O) groups is 2. The van der Waals surface area contributed by atoms with Crippen molar-refractivity contribution < 1.29 is 18.7 Å². The van der Waals surface area contributed by atoms with Gasteiger partial charge in [-0.3, -0.25) is 14.4 Å². The van der Waals surface area contributed by atoms with Crippen molar-refractivity contribution in [2.24, 2.45) is 0 Å². The molecule has 1 N–H and O–H groups in total. The lowest BCUT2D eigenvalue weighted by Crippen LogP contribution is -2.57. The molecule has 1 aromatic carbocycles. The predicted octanol–water partition coefficient (Wildman–Crippen LogP) is 1.58. The summed E-state index contributed by atoms with van der Waals surface area (Å²) >= 11 is 0. The van der Waals surface area contributed by atoms with E-state index >= 15 is 0 Å². The summed E-state index contributed by atoms with van der Waals surface area (Å²) in [6.07, 6.45) is 2.16. The average molecular weight is 442 g/mol. The first-order chi connectivity index (χ1) is 15.3. The highest BCUT2D eigenvalue weighted by Gasteiger charge is 2.33. The topological polar surface area (TPSA) is 95.6 Å². The molecule has 4 rings (SSSR count). The van der Waals surface area contributed by atoms with E-state index in [4.69, 9.17) is 4.74 Å². The molecular weight excluding hydrogens is 415 g/mol. The maximum Gasteiger partial charge on any atom is 0.267 e. The number of halogens is 1. The second kappa shape index (κ2) is 9.20. The smallest absolute Gasteiger partial charge is 0.267 e. The van der Waals surface area contributed by atoms with Gasteiger partial charge in [0.1, 0.15) is 12.4 Å². The minimum Gasteiger partial charge on any atom is -0.379 e. The van der Waals surface area contributed by atoms with Gasteiger partial charge >= 0.3 is 0 Å². The van der Waals surface area contributed by atoms with E-state index in [2.05, 4.69) is 10.2 Å². The number of benzene rings is 1. The highest BCUT2D eigenvalue weighted by Crippen LogP contribution is 2.20. The lowest BCUT2D eigenvalue weighted by atomic mass is 10.0. The second-order valence-corrected chi connectivity index (χ2v) is 8.43. The van der Waals surface area contributed by atoms with Crippen LogP contribution < -0.4 is 5.56 Å². The van der Waals surface area contributed by atoms with Crippen molar-refractivity contribution in [3.63, 3.8) is 0 Å². The third kappa shape index (κ3) is 4.43. The van der Waals surface area contributed by atoms with Crippen LogP contribution in [-0.4, -0.2) is 70.7 Å². The Balaban J connectivity index is 1.49. The lowest BCUT2D eigenvalue weighted by Gasteiger charge is -2.40. The Labute approximate surface area is 185 Å². The summed E-state index contributed by atoms with van der Waals surface area (Å²) in [5, 5.41) is 6.56. The zero-order valence-corrected chi connectivity index (χ0v) is 18.3. The number of rotatable bonds is 4. The standard InChI is InChI=1S/C23H27FN4O4/c1-14-15(2)22(30)26-25-20(14)11-16-5-6-19(24)18(10-16)23(31)27-7-8-28(21(29)12-27)17-4-3-9-32-13-17/h5-6,10,17H,3-4,7-9,11-13H2,1-2H3,(H,26,30)/t17-/m0/s1. The van der Waals surface area contributed by atoms with Crippen molar-refractivity contribution in [1.82, 2.24) is 20.0 Å². The van der Waals surface area contributed by atoms with Crippen molar-refractivity contribution in [3.8, 4) is 0 Å². The number of hydrogen-bond acceptors (Lipinski definition) is 5. The Morgan fingerprint density at radius 2 is 2.06 bits per heavy atom. The van der Waals surface area contributed by atoms with E-state index < -0.39 is 11.7 Å². The minimum absolute atomic E-state index is 0.0464. The number of amides is 2. The molecule has 32 heavy (non-hydrogen) atoms. The molecule has 2 aliphatic heterocycles. The molecule has 2 aliphatic rings. The van der Waals surface area contributed by atoms with Gasteiger partial charge in [-0.15, -0.1) is 0 Å². The molecule has 0 bridgehead atoms. The fraction of sp³-hybridized carbons (Fsp3) is 0.478. The Kier molecular flexibility index (Phi) is 6.36. The van der Waals surface area contributed by atoms with E-state index in [0.717, 1.165) is 18.4 Å². The molecule has 2 saturated heterocycles. The molecule has 8 nitrogen and oxygen atoms in total. The number of hydrogen-bond donors (Lipinski definition) is 1. The molecule has 0 radical (unpaired) electrons. The van der Waals surface area contributed by atoms with E-state index in [1.807, 2.05) is 6.92 Å². The van der Waals surface area contributed by atoms with Gasteiger partial charge < -0.3 is 14.5 Å². The molecule has 0 saturated carbocycles. The van der Waals surface area contributed by atoms with Gasteiger partial charge in [0.15, 0.2) is 0 Å². The van der Waals surface area contributed by atoms with E-state index in [0.29, 0.717) is 49.5 Å². The van der Waals surface area contributed by atoms with Crippen molar-refractivity contribution in [1.29, 1.82) is 0 Å². The number of nitrogens with one attached hydrogen (secondary N) is 1. The van der Waals surface area contributed by atoms with Crippen molar-refractivity contribution in [2.75, 3.05) is 32.8 Å². The van der Waals surface area contributed by atoms with Crippen LogP contribution in [-0.2, 0) is 16.0 Å². The summed E-state index contributed by atoms with van der Waals surface area (Å²) in [6.45, 7) is 5.46. The third-order valence-corrected chi connectivity index (χ3v) is 6.38. The van der Waals surface area contributed by atoms with Crippen LogP contribution >= 0.6 is 0 Å². The van der Waals surface area contributed by atoms with Crippen molar-refractivity contribution in [3.05, 3.63) is 62.3 Å². The SMILES string of the molecule is Cc1c(Cc2ccc(F)c(C(=O)N3CCN([C@H]4CCCOC4)C(=O)C3)c2)n[nH]c(=O)c1C. The van der Waals surface area contributed by atoms with Gasteiger partial charge in [0.05, 0.1) is 23.9 Å². The maximum atomic E-state index is 14.6. The van der Waals surface area contributed by atoms with E-state index in [9.17, 15) is 18.8 Å². The average Bonchev–Trinajstić information content (AvgIpc) is 2.80. The van der Waals surface area contributed by atoms with Crippen LogP contribution in [0.5, 0.6) is 0 Å². The predicted molar refractivity (Wildman–Crippen MR) is 115 cm³/mol. The number of piperazine rings is 1. The fourth-order valence-electron chi connectivity index (χ4n) is 4.27. The summed E-state index contributed by atoms with van der Waals surface area (Å²) in [5.41, 5.74) is 2.38. The van der Waals surface area contributed by atoms with Gasteiger partial charge in [-0.1, -0.05) is 6.07 Å². The first kappa shape index (κ1) is 22.1. The van der Waals surface area contributed by atoms with Gasteiger partial charge in [0.25, 0.3) is 11.5 Å². The maximum absolute atomic E-state index is 14.6. The van der Waals surface area contributed by atoms with Crippen LogP contribution in [0.4, 0.5) is 4.39 Å². The largest absolute Gasteiger partial charge is 0.379 e. The highest BCUT2D eigenvalue weighted by molar-refractivity contribution is 5.97. The summed E-state index contributed by atoms with van der Waals surface area (Å²) in [4.78, 5) is 40.6. The van der Waals surface area contributed by atoms with E-state index in [-0.39, 0.29) is 29.6 Å². The molecule has 9 heteroatoms. The zero-order valence-electron chi connectivity index (χ0n) is 18.3. The Hall–Kier alpha value is -3.07. The van der Waals surface area contributed by atoms with Crippen molar-refractivity contribution in [2.45, 2.75) is 39.2 Å². The van der Waals surface area contributed by atoms with Crippen LogP contribution in [0.15, 0.2) is 23.0 Å². The van der Waals surface area contributed by atoms with Gasteiger partial charge in [0, 0.05) is 31.7 Å². The van der Waals surface area contributed by atoms with Crippen molar-refractivity contribution >= 4 is 11.8 Å². The number of aromatic amines is 1. The summed E-state index contributed by atoms with van der Waals surface area (Å²) in [6, 6.07) is 4.41. The monoisotopic (exact) mass is 442 g/mol. The van der Waals surface area contributed by atoms with Crippen LogP contribution in [0.1, 0.15) is 45.6 Å². The number of nitrogens with zero attached hydrogens (tertiary/aromatic N) is 3. The van der Waals surface area contributed by atoms with E-state index in [1.54, 1.807) is 17.9 Å². The third-order valence-electron chi connectivity index (χ3n) is 6.38. The normalized spacial score (nSPS) is 19.3. The summed E-state index contributed by atoms with van der Waals surface area (Å²) < 4.78 is 20.0. The Morgan fingerprint density at radius 1 is 1.25 bits per heavy atom. The first-order valence-corrected chi connectivity index (χ1v) is 10.8. The molecule has 2 aromatic rings. The Bertz CT molecular complexity index is 1090. The zero-order chi connectivity index (χ0) is 22.8. The summed E-state index contributed by atoms with van der Waals surface area (Å²) in [5.74, 6) is -1.27. The second-order valence-electron chi connectivity index (χ2n) is 8.43. The van der Waals surface area contributed by atoms with Crippen LogP contribution in [0.3, 0.4) is 0 Å². The molecule has 1 aromatic heterocycles. The van der Waals surface area contributed by atoms with Gasteiger partial charge in [0.2, 0.25) is 5.91 Å². The molecule has 2 fully saturated rings. The van der Waals surface area contributed by atoms with Crippen LogP contribution in [0.2, 0.25) is 0 Å². The first-order valence-electron chi connectivity index (χ1n) is 10.8. The van der Waals surface area contributed by atoms with Gasteiger partial charge in [-0.05, 0) is 49.9 Å². The van der Waals surface area contributed by atoms with Crippen LogP contribution in [0.25, 0.3) is 0 Å². The molecule has 0 spiro atoms. The quantitative estimate of drug-likeness (QED) is 0.776. The number of aromatic nitrogens is 2. The lowest BCUT2D eigenvalue weighted by molar-refractivity contribution is -0.140. The number of ether oxygens (including phenoxy) is 1. The van der Waals surface area contributed by atoms with Gasteiger partial charge in [-0.25, -0.2) is 9.49 Å². The number of carbonyl (C=O) groups excluding carboxylic acids is 2. The molecular formula is C23H27FN4O4.